The number of rotatable bonds is 1. The van der Waals surface area contributed by atoms with Gasteiger partial charge in [-0.1, -0.05) is 23.2 Å². The Morgan fingerprint density at radius 2 is 2.16 bits per heavy atom. The van der Waals surface area contributed by atoms with Gasteiger partial charge in [-0.2, -0.15) is 0 Å². The SMILES string of the molecule is O=C(c1ccc(Cl)cc1Cl)N1CCC2NCCC2C1. The fourth-order valence-electron chi connectivity index (χ4n) is 3.07. The lowest BCUT2D eigenvalue weighted by Gasteiger charge is -2.35. The number of carbonyl (C=O) groups excluding carboxylic acids is 1. The Bertz CT molecular complexity index is 506. The van der Waals surface area contributed by atoms with Crippen LogP contribution < -0.4 is 5.32 Å². The summed E-state index contributed by atoms with van der Waals surface area (Å²) in [5.41, 5.74) is 0.551. The van der Waals surface area contributed by atoms with Gasteiger partial charge in [0.15, 0.2) is 0 Å². The van der Waals surface area contributed by atoms with Gasteiger partial charge in [0.05, 0.1) is 10.6 Å². The summed E-state index contributed by atoms with van der Waals surface area (Å²) < 4.78 is 0. The van der Waals surface area contributed by atoms with Crippen LogP contribution >= 0.6 is 23.2 Å². The largest absolute Gasteiger partial charge is 0.338 e. The van der Waals surface area contributed by atoms with Crippen LogP contribution in [-0.2, 0) is 0 Å². The molecule has 1 N–H and O–H groups in total. The lowest BCUT2D eigenvalue weighted by molar-refractivity contribution is 0.0662. The molecule has 2 unspecified atom stereocenters. The predicted molar refractivity (Wildman–Crippen MR) is 76.9 cm³/mol. The molecular formula is C14H16Cl2N2O. The summed E-state index contributed by atoms with van der Waals surface area (Å²) in [6.45, 7) is 2.69. The molecule has 2 saturated heterocycles. The number of halogens is 2. The van der Waals surface area contributed by atoms with E-state index < -0.39 is 0 Å². The average molecular weight is 299 g/mol. The Hall–Kier alpha value is -0.770. The summed E-state index contributed by atoms with van der Waals surface area (Å²) in [6.07, 6.45) is 2.18. The van der Waals surface area contributed by atoms with Crippen LogP contribution in [0.5, 0.6) is 0 Å². The van der Waals surface area contributed by atoms with E-state index in [0.717, 1.165) is 32.5 Å². The molecule has 2 aliphatic rings. The Morgan fingerprint density at radius 3 is 2.95 bits per heavy atom. The Labute approximate surface area is 122 Å². The Balaban J connectivity index is 1.76. The number of piperidine rings is 1. The molecule has 2 heterocycles. The van der Waals surface area contributed by atoms with Crippen molar-refractivity contribution in [2.45, 2.75) is 18.9 Å². The number of likely N-dealkylation sites (tertiary alicyclic amines) is 1. The van der Waals surface area contributed by atoms with Crippen LogP contribution in [0.1, 0.15) is 23.2 Å². The van der Waals surface area contributed by atoms with E-state index in [1.807, 2.05) is 4.90 Å². The topological polar surface area (TPSA) is 32.3 Å². The molecule has 1 amide bonds. The van der Waals surface area contributed by atoms with Crippen molar-refractivity contribution in [1.82, 2.24) is 10.2 Å². The molecule has 0 saturated carbocycles. The van der Waals surface area contributed by atoms with Crippen LogP contribution in [-0.4, -0.2) is 36.5 Å². The second kappa shape index (κ2) is 5.31. The Morgan fingerprint density at radius 1 is 1.32 bits per heavy atom. The van der Waals surface area contributed by atoms with Gasteiger partial charge >= 0.3 is 0 Å². The minimum absolute atomic E-state index is 0.0204. The van der Waals surface area contributed by atoms with E-state index in [9.17, 15) is 4.79 Å². The molecule has 3 rings (SSSR count). The molecule has 0 radical (unpaired) electrons. The van der Waals surface area contributed by atoms with Gasteiger partial charge in [-0.3, -0.25) is 4.79 Å². The third kappa shape index (κ3) is 2.60. The second-order valence-corrected chi connectivity index (χ2v) is 6.12. The average Bonchev–Trinajstić information content (AvgIpc) is 2.85. The number of fused-ring (bicyclic) bond motifs is 1. The molecule has 0 spiro atoms. The standard InChI is InChI=1S/C14H16Cl2N2O/c15-10-1-2-11(12(16)7-10)14(19)18-6-4-13-9(8-18)3-5-17-13/h1-2,7,9,13,17H,3-6,8H2. The van der Waals surface area contributed by atoms with Crippen LogP contribution in [0, 0.1) is 5.92 Å². The molecule has 2 aliphatic heterocycles. The third-order valence-electron chi connectivity index (χ3n) is 4.10. The van der Waals surface area contributed by atoms with Crippen LogP contribution in [0.25, 0.3) is 0 Å². The van der Waals surface area contributed by atoms with Crippen molar-refractivity contribution in [1.29, 1.82) is 0 Å². The molecule has 1 aromatic carbocycles. The van der Waals surface area contributed by atoms with Crippen molar-refractivity contribution >= 4 is 29.1 Å². The number of hydrogen-bond donors (Lipinski definition) is 1. The van der Waals surface area contributed by atoms with Gasteiger partial charge < -0.3 is 10.2 Å². The number of amides is 1. The summed E-state index contributed by atoms with van der Waals surface area (Å²) in [7, 11) is 0. The van der Waals surface area contributed by atoms with E-state index >= 15 is 0 Å². The van der Waals surface area contributed by atoms with E-state index in [2.05, 4.69) is 5.32 Å². The van der Waals surface area contributed by atoms with Crippen molar-refractivity contribution in [2.75, 3.05) is 19.6 Å². The van der Waals surface area contributed by atoms with E-state index in [1.54, 1.807) is 18.2 Å². The lowest BCUT2D eigenvalue weighted by Crippen LogP contribution is -2.46. The van der Waals surface area contributed by atoms with Gasteiger partial charge in [-0.15, -0.1) is 0 Å². The fourth-order valence-corrected chi connectivity index (χ4v) is 3.55. The fraction of sp³-hybridized carbons (Fsp3) is 0.500. The van der Waals surface area contributed by atoms with Crippen molar-refractivity contribution < 1.29 is 4.79 Å². The normalized spacial score (nSPS) is 26.3. The summed E-state index contributed by atoms with van der Waals surface area (Å²) in [4.78, 5) is 14.4. The first kappa shape index (κ1) is 13.2. The highest BCUT2D eigenvalue weighted by Gasteiger charge is 2.34. The molecule has 5 heteroatoms. The summed E-state index contributed by atoms with van der Waals surface area (Å²) in [5.74, 6) is 0.607. The number of hydrogen-bond acceptors (Lipinski definition) is 2. The van der Waals surface area contributed by atoms with E-state index in [-0.39, 0.29) is 5.91 Å². The van der Waals surface area contributed by atoms with Gasteiger partial charge in [-0.05, 0) is 43.5 Å². The molecule has 1 aromatic rings. The summed E-state index contributed by atoms with van der Waals surface area (Å²) >= 11 is 12.0. The molecule has 2 fully saturated rings. The molecular weight excluding hydrogens is 283 g/mol. The maximum Gasteiger partial charge on any atom is 0.255 e. The van der Waals surface area contributed by atoms with Gasteiger partial charge in [-0.25, -0.2) is 0 Å². The van der Waals surface area contributed by atoms with Crippen molar-refractivity contribution in [3.8, 4) is 0 Å². The van der Waals surface area contributed by atoms with Gasteiger partial charge in [0.1, 0.15) is 0 Å². The molecule has 3 nitrogen and oxygen atoms in total. The molecule has 0 aliphatic carbocycles. The van der Waals surface area contributed by atoms with Crippen LogP contribution in [0.15, 0.2) is 18.2 Å². The van der Waals surface area contributed by atoms with Crippen molar-refractivity contribution in [3.63, 3.8) is 0 Å². The first-order valence-electron chi connectivity index (χ1n) is 6.63. The molecule has 19 heavy (non-hydrogen) atoms. The number of benzene rings is 1. The highest BCUT2D eigenvalue weighted by atomic mass is 35.5. The monoisotopic (exact) mass is 298 g/mol. The number of nitrogens with zero attached hydrogens (tertiary/aromatic N) is 1. The van der Waals surface area contributed by atoms with Gasteiger partial charge in [0.25, 0.3) is 5.91 Å². The van der Waals surface area contributed by atoms with Crippen LogP contribution in [0.4, 0.5) is 0 Å². The zero-order valence-electron chi connectivity index (χ0n) is 10.5. The number of nitrogens with one attached hydrogen (secondary N) is 1. The highest BCUT2D eigenvalue weighted by Crippen LogP contribution is 2.28. The Kier molecular flexibility index (Phi) is 3.70. The third-order valence-corrected chi connectivity index (χ3v) is 4.65. The van der Waals surface area contributed by atoms with Crippen molar-refractivity contribution in [3.05, 3.63) is 33.8 Å². The van der Waals surface area contributed by atoms with Crippen molar-refractivity contribution in [2.24, 2.45) is 5.92 Å². The van der Waals surface area contributed by atoms with Gasteiger partial charge in [0, 0.05) is 24.2 Å². The minimum Gasteiger partial charge on any atom is -0.338 e. The van der Waals surface area contributed by atoms with Gasteiger partial charge in [0.2, 0.25) is 0 Å². The first-order valence-corrected chi connectivity index (χ1v) is 7.38. The molecule has 0 aromatic heterocycles. The zero-order chi connectivity index (χ0) is 13.4. The summed E-state index contributed by atoms with van der Waals surface area (Å²) in [6, 6.07) is 5.64. The van der Waals surface area contributed by atoms with E-state index in [1.165, 1.54) is 0 Å². The molecule has 102 valence electrons. The maximum absolute atomic E-state index is 12.5. The lowest BCUT2D eigenvalue weighted by atomic mass is 9.93. The molecule has 2 atom stereocenters. The minimum atomic E-state index is 0.0204. The van der Waals surface area contributed by atoms with E-state index in [0.29, 0.717) is 27.6 Å². The number of carbonyl (C=O) groups is 1. The highest BCUT2D eigenvalue weighted by molar-refractivity contribution is 6.36. The quantitative estimate of drug-likeness (QED) is 0.865. The zero-order valence-corrected chi connectivity index (χ0v) is 12.0. The smallest absolute Gasteiger partial charge is 0.255 e. The predicted octanol–water partition coefficient (Wildman–Crippen LogP) is 2.82. The second-order valence-electron chi connectivity index (χ2n) is 5.27. The van der Waals surface area contributed by atoms with Crippen LogP contribution in [0.2, 0.25) is 10.0 Å². The maximum atomic E-state index is 12.5. The van der Waals surface area contributed by atoms with Crippen LogP contribution in [0.3, 0.4) is 0 Å². The van der Waals surface area contributed by atoms with E-state index in [4.69, 9.17) is 23.2 Å². The summed E-state index contributed by atoms with van der Waals surface area (Å²) in [5, 5.41) is 4.49. The molecule has 0 bridgehead atoms. The first-order chi connectivity index (χ1) is 9.15.